The Bertz CT molecular complexity index is 993. The minimum Gasteiger partial charge on any atom is -0.494 e. The maximum atomic E-state index is 12.4. The van der Waals surface area contributed by atoms with E-state index in [1.54, 1.807) is 0 Å². The van der Waals surface area contributed by atoms with Gasteiger partial charge < -0.3 is 19.4 Å². The van der Waals surface area contributed by atoms with E-state index in [0.29, 0.717) is 26.1 Å². The van der Waals surface area contributed by atoms with Crippen molar-refractivity contribution < 1.29 is 14.3 Å². The van der Waals surface area contributed by atoms with Crippen LogP contribution in [0.4, 0.5) is 0 Å². The molecule has 0 bridgehead atoms. The third-order valence-electron chi connectivity index (χ3n) is 5.11. The van der Waals surface area contributed by atoms with E-state index in [9.17, 15) is 4.79 Å². The van der Waals surface area contributed by atoms with Crippen molar-refractivity contribution in [2.24, 2.45) is 0 Å². The molecule has 4 rings (SSSR count). The number of nitrogens with zero attached hydrogens (tertiary/aromatic N) is 1. The fourth-order valence-electron chi connectivity index (χ4n) is 3.75. The van der Waals surface area contributed by atoms with Crippen molar-refractivity contribution in [2.45, 2.75) is 45.9 Å². The van der Waals surface area contributed by atoms with Gasteiger partial charge in [-0.2, -0.15) is 0 Å². The molecule has 1 N–H and O–H groups in total. The first-order chi connectivity index (χ1) is 13.6. The summed E-state index contributed by atoms with van der Waals surface area (Å²) < 4.78 is 13.8. The van der Waals surface area contributed by atoms with Crippen LogP contribution in [-0.2, 0) is 24.3 Å². The lowest BCUT2D eigenvalue weighted by atomic mass is 10.1. The average Bonchev–Trinajstić information content (AvgIpc) is 3.26. The van der Waals surface area contributed by atoms with Crippen LogP contribution in [0.15, 0.2) is 48.7 Å². The second-order valence-corrected chi connectivity index (χ2v) is 7.23. The topological polar surface area (TPSA) is 52.5 Å². The lowest BCUT2D eigenvalue weighted by molar-refractivity contribution is -0.121. The molecule has 28 heavy (non-hydrogen) atoms. The zero-order valence-electron chi connectivity index (χ0n) is 16.4. The molecule has 2 aromatic carbocycles. The first-order valence-electron chi connectivity index (χ1n) is 9.90. The van der Waals surface area contributed by atoms with Gasteiger partial charge in [0, 0.05) is 48.8 Å². The highest BCUT2D eigenvalue weighted by molar-refractivity contribution is 5.80. The number of fused-ring (bicyclic) bond motifs is 2. The molecule has 1 amide bonds. The molecular formula is C23H26N2O3. The molecule has 0 aliphatic carbocycles. The molecule has 3 aromatic rings. The van der Waals surface area contributed by atoms with Gasteiger partial charge in [-0.25, -0.2) is 0 Å². The van der Waals surface area contributed by atoms with Crippen molar-refractivity contribution in [3.05, 3.63) is 59.8 Å². The molecule has 0 radical (unpaired) electrons. The second kappa shape index (κ2) is 7.97. The van der Waals surface area contributed by atoms with Crippen molar-refractivity contribution in [3.8, 4) is 11.5 Å². The maximum absolute atomic E-state index is 12.4. The number of ether oxygens (including phenoxy) is 2. The summed E-state index contributed by atoms with van der Waals surface area (Å²) in [5.41, 5.74) is 3.28. The van der Waals surface area contributed by atoms with Gasteiger partial charge in [0.2, 0.25) is 5.91 Å². The molecule has 0 fully saturated rings. The van der Waals surface area contributed by atoms with Crippen molar-refractivity contribution in [3.63, 3.8) is 0 Å². The number of carbonyl (C=O) groups excluding carboxylic acids is 1. The molecule has 0 spiro atoms. The van der Waals surface area contributed by atoms with Gasteiger partial charge >= 0.3 is 0 Å². The Morgan fingerprint density at radius 2 is 2.14 bits per heavy atom. The third-order valence-corrected chi connectivity index (χ3v) is 5.11. The maximum Gasteiger partial charge on any atom is 0.222 e. The Labute approximate surface area is 165 Å². The largest absolute Gasteiger partial charge is 0.494 e. The van der Waals surface area contributed by atoms with Crippen molar-refractivity contribution in [2.75, 3.05) is 6.61 Å². The standard InChI is InChI=1S/C23H26N2O3/c1-3-27-21-13-18-12-16(2)28-22(18)14-19(21)15-24-23(26)9-11-25-10-8-17-6-4-5-7-20(17)25/h4-8,10,13-14,16H,3,9,11-12,15H2,1-2H3,(H,24,26). The first kappa shape index (κ1) is 18.4. The lowest BCUT2D eigenvalue weighted by Gasteiger charge is -2.13. The minimum atomic E-state index is 0.0232. The molecular weight excluding hydrogens is 352 g/mol. The monoisotopic (exact) mass is 378 g/mol. The molecule has 1 aliphatic rings. The lowest BCUT2D eigenvalue weighted by Crippen LogP contribution is -2.24. The molecule has 146 valence electrons. The number of carbonyl (C=O) groups is 1. The highest BCUT2D eigenvalue weighted by Gasteiger charge is 2.22. The Kier molecular flexibility index (Phi) is 5.24. The van der Waals surface area contributed by atoms with Crippen molar-refractivity contribution in [1.29, 1.82) is 0 Å². The molecule has 5 nitrogen and oxygen atoms in total. The summed E-state index contributed by atoms with van der Waals surface area (Å²) in [4.78, 5) is 12.4. The molecule has 0 saturated heterocycles. The molecule has 5 heteroatoms. The van der Waals surface area contributed by atoms with Gasteiger partial charge in [-0.1, -0.05) is 18.2 Å². The Hall–Kier alpha value is -2.95. The average molecular weight is 378 g/mol. The Balaban J connectivity index is 1.38. The number of aryl methyl sites for hydroxylation is 1. The number of hydrogen-bond donors (Lipinski definition) is 1. The van der Waals surface area contributed by atoms with Crippen LogP contribution in [-0.4, -0.2) is 23.2 Å². The summed E-state index contributed by atoms with van der Waals surface area (Å²) in [5.74, 6) is 1.75. The molecule has 1 aliphatic heterocycles. The second-order valence-electron chi connectivity index (χ2n) is 7.23. The zero-order chi connectivity index (χ0) is 19.5. The van der Waals surface area contributed by atoms with E-state index in [-0.39, 0.29) is 12.0 Å². The number of benzene rings is 2. The van der Waals surface area contributed by atoms with Gasteiger partial charge in [-0.3, -0.25) is 4.79 Å². The summed E-state index contributed by atoms with van der Waals surface area (Å²) in [6, 6.07) is 14.3. The van der Waals surface area contributed by atoms with Gasteiger partial charge in [0.05, 0.1) is 6.61 Å². The number of hydrogen-bond acceptors (Lipinski definition) is 3. The van der Waals surface area contributed by atoms with E-state index >= 15 is 0 Å². The number of nitrogens with one attached hydrogen (secondary N) is 1. The third kappa shape index (κ3) is 3.84. The molecule has 0 saturated carbocycles. The van der Waals surface area contributed by atoms with Crippen LogP contribution < -0.4 is 14.8 Å². The quantitative estimate of drug-likeness (QED) is 0.674. The number of aromatic nitrogens is 1. The minimum absolute atomic E-state index is 0.0232. The Morgan fingerprint density at radius 1 is 1.29 bits per heavy atom. The zero-order valence-corrected chi connectivity index (χ0v) is 16.4. The van der Waals surface area contributed by atoms with Gasteiger partial charge in [0.15, 0.2) is 0 Å². The summed E-state index contributed by atoms with van der Waals surface area (Å²) in [7, 11) is 0. The van der Waals surface area contributed by atoms with E-state index in [2.05, 4.69) is 41.1 Å². The fraction of sp³-hybridized carbons (Fsp3) is 0.348. The van der Waals surface area contributed by atoms with Crippen LogP contribution in [0.5, 0.6) is 11.5 Å². The van der Waals surface area contributed by atoms with E-state index in [4.69, 9.17) is 9.47 Å². The van der Waals surface area contributed by atoms with Crippen molar-refractivity contribution in [1.82, 2.24) is 9.88 Å². The predicted octanol–water partition coefficient (Wildman–Crippen LogP) is 4.07. The van der Waals surface area contributed by atoms with Crippen LogP contribution in [0.1, 0.15) is 31.4 Å². The fourth-order valence-corrected chi connectivity index (χ4v) is 3.75. The summed E-state index contributed by atoms with van der Waals surface area (Å²) in [5, 5.41) is 4.21. The number of amides is 1. The van der Waals surface area contributed by atoms with Crippen LogP contribution in [0.3, 0.4) is 0 Å². The first-order valence-corrected chi connectivity index (χ1v) is 9.90. The van der Waals surface area contributed by atoms with E-state index in [0.717, 1.165) is 29.0 Å². The van der Waals surface area contributed by atoms with Crippen LogP contribution in [0.25, 0.3) is 10.9 Å². The SMILES string of the molecule is CCOc1cc2c(cc1CNC(=O)CCn1ccc3ccccc31)OC(C)C2. The smallest absolute Gasteiger partial charge is 0.222 e. The van der Waals surface area contributed by atoms with Gasteiger partial charge in [-0.05, 0) is 43.5 Å². The summed E-state index contributed by atoms with van der Waals surface area (Å²) in [6.07, 6.45) is 3.55. The van der Waals surface area contributed by atoms with Gasteiger partial charge in [0.1, 0.15) is 17.6 Å². The summed E-state index contributed by atoms with van der Waals surface area (Å²) >= 11 is 0. The highest BCUT2D eigenvalue weighted by atomic mass is 16.5. The summed E-state index contributed by atoms with van der Waals surface area (Å²) in [6.45, 7) is 5.72. The van der Waals surface area contributed by atoms with Gasteiger partial charge in [0.25, 0.3) is 0 Å². The molecule has 1 unspecified atom stereocenters. The van der Waals surface area contributed by atoms with E-state index in [1.807, 2.05) is 31.3 Å². The van der Waals surface area contributed by atoms with Crippen LogP contribution in [0, 0.1) is 0 Å². The van der Waals surface area contributed by atoms with Crippen molar-refractivity contribution >= 4 is 16.8 Å². The number of rotatable bonds is 7. The predicted molar refractivity (Wildman–Crippen MR) is 110 cm³/mol. The normalized spacial score (nSPS) is 15.3. The number of para-hydroxylation sites is 1. The molecule has 1 aromatic heterocycles. The molecule has 2 heterocycles. The highest BCUT2D eigenvalue weighted by Crippen LogP contribution is 2.35. The van der Waals surface area contributed by atoms with E-state index in [1.165, 1.54) is 10.9 Å². The van der Waals surface area contributed by atoms with Crippen LogP contribution in [0.2, 0.25) is 0 Å². The van der Waals surface area contributed by atoms with E-state index < -0.39 is 0 Å². The molecule has 1 atom stereocenters. The Morgan fingerprint density at radius 3 is 3.00 bits per heavy atom. The van der Waals surface area contributed by atoms with Gasteiger partial charge in [-0.15, -0.1) is 0 Å². The van der Waals surface area contributed by atoms with Crippen LogP contribution >= 0.6 is 0 Å².